The van der Waals surface area contributed by atoms with Crippen LogP contribution in [0.5, 0.6) is 0 Å². The molecule has 0 radical (unpaired) electrons. The van der Waals surface area contributed by atoms with Crippen molar-refractivity contribution in [2.75, 3.05) is 0 Å². The van der Waals surface area contributed by atoms with Gasteiger partial charge in [-0.3, -0.25) is 4.79 Å². The highest BCUT2D eigenvalue weighted by Crippen LogP contribution is 2.30. The van der Waals surface area contributed by atoms with Crippen molar-refractivity contribution in [1.29, 1.82) is 0 Å². The normalized spacial score (nSPS) is 11.6. The Morgan fingerprint density at radius 3 is 1.53 bits per heavy atom. The van der Waals surface area contributed by atoms with Gasteiger partial charge in [-0.05, 0) is 11.6 Å². The van der Waals surface area contributed by atoms with Crippen molar-refractivity contribution in [2.24, 2.45) is 0 Å². The Morgan fingerprint density at radius 2 is 1.29 bits per heavy atom. The van der Waals surface area contributed by atoms with Gasteiger partial charge in [0.15, 0.2) is 28.2 Å². The second-order valence-electron chi connectivity index (χ2n) is 2.67. The maximum Gasteiger partial charge on any atom is 0.267 e. The summed E-state index contributed by atoms with van der Waals surface area (Å²) in [6, 6.07) is 0. The van der Waals surface area contributed by atoms with E-state index in [0.717, 1.165) is 0 Å². The summed E-state index contributed by atoms with van der Waals surface area (Å²) in [6.07, 6.45) is 0. The van der Waals surface area contributed by atoms with E-state index < -0.39 is 48.0 Å². The molecule has 0 unspecified atom stereocenters. The number of rotatable bonds is 2. The molecule has 1 aromatic rings. The van der Waals surface area contributed by atoms with E-state index in [-0.39, 0.29) is 0 Å². The molecule has 3 nitrogen and oxygen atoms in total. The van der Waals surface area contributed by atoms with Crippen LogP contribution >= 0.6 is 22.3 Å². The zero-order valence-electron chi connectivity index (χ0n) is 7.40. The molecule has 0 aliphatic rings. The molecule has 0 spiro atoms. The van der Waals surface area contributed by atoms with Gasteiger partial charge in [-0.15, -0.1) is 0 Å². The predicted octanol–water partition coefficient (Wildman–Crippen LogP) is 2.55. The molecule has 17 heavy (non-hydrogen) atoms. The van der Waals surface area contributed by atoms with Gasteiger partial charge in [-0.25, -0.2) is 26.0 Å². The Bertz CT molecular complexity index is 585. The van der Waals surface area contributed by atoms with E-state index in [1.54, 1.807) is 0 Å². The van der Waals surface area contributed by atoms with E-state index in [9.17, 15) is 30.8 Å². The second-order valence-corrected chi connectivity index (χ2v) is 5.52. The lowest BCUT2D eigenvalue weighted by Gasteiger charge is -2.06. The van der Waals surface area contributed by atoms with Crippen LogP contribution in [0.25, 0.3) is 0 Å². The summed E-state index contributed by atoms with van der Waals surface area (Å²) in [5, 5.41) is -1.82. The van der Waals surface area contributed by atoms with Gasteiger partial charge in [-0.2, -0.15) is 0 Å². The Balaban J connectivity index is 3.91. The standard InChI is InChI=1S/C7Cl2F4O3S/c8-7(14)1-2(10)4(12)6(17(9,15)16)5(13)3(1)11. The van der Waals surface area contributed by atoms with Crippen LogP contribution in [0.1, 0.15) is 10.4 Å². The number of carbonyl (C=O) groups excluding carboxylic acids is 1. The number of benzene rings is 1. The molecule has 0 bridgehead atoms. The minimum Gasteiger partial charge on any atom is -0.275 e. The molecule has 10 heteroatoms. The first-order valence-corrected chi connectivity index (χ1v) is 6.28. The van der Waals surface area contributed by atoms with Crippen molar-refractivity contribution in [1.82, 2.24) is 0 Å². The fourth-order valence-electron chi connectivity index (χ4n) is 0.998. The number of halogens is 6. The van der Waals surface area contributed by atoms with Crippen LogP contribution in [-0.2, 0) is 9.05 Å². The largest absolute Gasteiger partial charge is 0.275 e. The van der Waals surface area contributed by atoms with E-state index in [1.165, 1.54) is 0 Å². The van der Waals surface area contributed by atoms with Gasteiger partial charge < -0.3 is 0 Å². The number of hydrogen-bond acceptors (Lipinski definition) is 3. The lowest BCUT2D eigenvalue weighted by atomic mass is 10.2. The van der Waals surface area contributed by atoms with E-state index >= 15 is 0 Å². The van der Waals surface area contributed by atoms with Crippen LogP contribution in [-0.4, -0.2) is 13.7 Å². The SMILES string of the molecule is O=C(Cl)c1c(F)c(F)c(S(=O)(=O)Cl)c(F)c1F. The average molecular weight is 311 g/mol. The van der Waals surface area contributed by atoms with Gasteiger partial charge in [0.05, 0.1) is 0 Å². The fourth-order valence-corrected chi connectivity index (χ4v) is 2.18. The molecule has 0 aliphatic carbocycles. The van der Waals surface area contributed by atoms with Crippen LogP contribution in [0, 0.1) is 23.3 Å². The van der Waals surface area contributed by atoms with Crippen molar-refractivity contribution < 1.29 is 30.8 Å². The third-order valence-corrected chi connectivity index (χ3v) is 3.16. The van der Waals surface area contributed by atoms with Crippen LogP contribution in [0.15, 0.2) is 4.90 Å². The molecule has 0 aromatic heterocycles. The van der Waals surface area contributed by atoms with Crippen LogP contribution < -0.4 is 0 Å². The molecule has 0 aliphatic heterocycles. The van der Waals surface area contributed by atoms with Crippen molar-refractivity contribution in [2.45, 2.75) is 4.90 Å². The predicted molar refractivity (Wildman–Crippen MR) is 49.5 cm³/mol. The second kappa shape index (κ2) is 4.43. The first kappa shape index (κ1) is 14.2. The zero-order valence-corrected chi connectivity index (χ0v) is 9.73. The van der Waals surface area contributed by atoms with Gasteiger partial charge in [0.2, 0.25) is 0 Å². The first-order chi connectivity index (χ1) is 7.59. The molecule has 1 aromatic carbocycles. The van der Waals surface area contributed by atoms with Gasteiger partial charge in [0.1, 0.15) is 5.56 Å². The summed E-state index contributed by atoms with van der Waals surface area (Å²) in [6.45, 7) is 0. The first-order valence-electron chi connectivity index (χ1n) is 3.59. The highest BCUT2D eigenvalue weighted by atomic mass is 35.7. The van der Waals surface area contributed by atoms with Gasteiger partial charge in [0, 0.05) is 10.7 Å². The van der Waals surface area contributed by atoms with E-state index in [0.29, 0.717) is 0 Å². The van der Waals surface area contributed by atoms with Crippen LogP contribution in [0.2, 0.25) is 0 Å². The summed E-state index contributed by atoms with van der Waals surface area (Å²) >= 11 is 4.69. The highest BCUT2D eigenvalue weighted by Gasteiger charge is 2.33. The lowest BCUT2D eigenvalue weighted by molar-refractivity contribution is 0.107. The summed E-state index contributed by atoms with van der Waals surface area (Å²) in [5.41, 5.74) is -1.73. The third kappa shape index (κ3) is 2.38. The fraction of sp³-hybridized carbons (Fsp3) is 0. The molecular formula is C7Cl2F4O3S. The monoisotopic (exact) mass is 310 g/mol. The Hall–Kier alpha value is -0.860. The highest BCUT2D eigenvalue weighted by molar-refractivity contribution is 8.13. The quantitative estimate of drug-likeness (QED) is 0.479. The van der Waals surface area contributed by atoms with Crippen molar-refractivity contribution >= 4 is 36.6 Å². The molecule has 1 rings (SSSR count). The molecule has 0 atom stereocenters. The van der Waals surface area contributed by atoms with E-state index in [1.807, 2.05) is 0 Å². The zero-order chi connectivity index (χ0) is 13.5. The Labute approximate surface area is 101 Å². The molecule has 0 saturated heterocycles. The Kier molecular flexibility index (Phi) is 3.70. The van der Waals surface area contributed by atoms with Gasteiger partial charge in [-0.1, -0.05) is 0 Å². The lowest BCUT2D eigenvalue weighted by Crippen LogP contribution is -2.12. The number of hydrogen-bond donors (Lipinski definition) is 0. The molecule has 0 heterocycles. The average Bonchev–Trinajstić information content (AvgIpc) is 2.12. The minimum absolute atomic E-state index is 1.73. The molecule has 0 amide bonds. The van der Waals surface area contributed by atoms with E-state index in [2.05, 4.69) is 22.3 Å². The van der Waals surface area contributed by atoms with Crippen molar-refractivity contribution in [3.8, 4) is 0 Å². The van der Waals surface area contributed by atoms with Crippen molar-refractivity contribution in [3.05, 3.63) is 28.8 Å². The summed E-state index contributed by atoms with van der Waals surface area (Å²) in [5.74, 6) is -9.10. The maximum atomic E-state index is 13.1. The summed E-state index contributed by atoms with van der Waals surface area (Å²) < 4.78 is 73.7. The topological polar surface area (TPSA) is 51.2 Å². The molecule has 0 saturated carbocycles. The number of carbonyl (C=O) groups is 1. The summed E-state index contributed by atoms with van der Waals surface area (Å²) in [4.78, 5) is 8.50. The molecule has 94 valence electrons. The van der Waals surface area contributed by atoms with E-state index in [4.69, 9.17) is 0 Å². The van der Waals surface area contributed by atoms with Crippen LogP contribution in [0.4, 0.5) is 17.6 Å². The smallest absolute Gasteiger partial charge is 0.267 e. The van der Waals surface area contributed by atoms with Crippen molar-refractivity contribution in [3.63, 3.8) is 0 Å². The third-order valence-electron chi connectivity index (χ3n) is 1.66. The van der Waals surface area contributed by atoms with Gasteiger partial charge in [0.25, 0.3) is 14.3 Å². The minimum atomic E-state index is -5.06. The molecule has 0 fully saturated rings. The van der Waals surface area contributed by atoms with Crippen LogP contribution in [0.3, 0.4) is 0 Å². The Morgan fingerprint density at radius 1 is 0.941 bits per heavy atom. The molecular weight excluding hydrogens is 311 g/mol. The maximum absolute atomic E-state index is 13.1. The summed E-state index contributed by atoms with van der Waals surface area (Å²) in [7, 11) is -0.478. The molecule has 0 N–H and O–H groups in total. The van der Waals surface area contributed by atoms with Gasteiger partial charge >= 0.3 is 0 Å².